The molecule has 4 N–H and O–H groups in total. The first-order valence-corrected chi connectivity index (χ1v) is 6.92. The van der Waals surface area contributed by atoms with Crippen LogP contribution >= 0.6 is 23.2 Å². The van der Waals surface area contributed by atoms with E-state index in [0.717, 1.165) is 25.7 Å². The number of carbonyl (C=O) groups is 1. The van der Waals surface area contributed by atoms with Gasteiger partial charge in [-0.25, -0.2) is 0 Å². The number of hydrogen-bond donors (Lipinski definition) is 3. The Labute approximate surface area is 121 Å². The van der Waals surface area contributed by atoms with Crippen molar-refractivity contribution in [1.82, 2.24) is 0 Å². The molecule has 6 heteroatoms. The lowest BCUT2D eigenvalue weighted by Gasteiger charge is -2.22. The highest BCUT2D eigenvalue weighted by molar-refractivity contribution is 6.37. The maximum absolute atomic E-state index is 11.9. The summed E-state index contributed by atoms with van der Waals surface area (Å²) < 4.78 is 0. The second-order valence-electron chi connectivity index (χ2n) is 5.08. The van der Waals surface area contributed by atoms with E-state index in [0.29, 0.717) is 5.69 Å². The number of aromatic hydroxyl groups is 1. The molecule has 1 aliphatic carbocycles. The van der Waals surface area contributed by atoms with Crippen molar-refractivity contribution >= 4 is 34.8 Å². The van der Waals surface area contributed by atoms with Gasteiger partial charge in [-0.05, 0) is 25.0 Å². The average Bonchev–Trinajstić information content (AvgIpc) is 2.72. The number of phenols is 1. The van der Waals surface area contributed by atoms with Crippen LogP contribution in [0.3, 0.4) is 0 Å². The number of amides is 1. The van der Waals surface area contributed by atoms with Crippen molar-refractivity contribution in [3.63, 3.8) is 0 Å². The molecule has 1 aromatic rings. The van der Waals surface area contributed by atoms with E-state index in [-0.39, 0.29) is 28.1 Å². The fraction of sp³-hybridized carbons (Fsp3) is 0.462. The Bertz CT molecular complexity index is 476. The highest BCUT2D eigenvalue weighted by Gasteiger charge is 2.31. The quantitative estimate of drug-likeness (QED) is 0.750. The summed E-state index contributed by atoms with van der Waals surface area (Å²) in [5.41, 5.74) is 6.21. The summed E-state index contributed by atoms with van der Waals surface area (Å²) in [6.07, 6.45) is 4.17. The summed E-state index contributed by atoms with van der Waals surface area (Å²) in [4.78, 5) is 11.9. The predicted octanol–water partition coefficient (Wildman–Crippen LogP) is 3.30. The molecule has 0 saturated heterocycles. The molecule has 1 aliphatic rings. The Morgan fingerprint density at radius 1 is 1.32 bits per heavy atom. The minimum Gasteiger partial charge on any atom is -0.505 e. The van der Waals surface area contributed by atoms with E-state index >= 15 is 0 Å². The third kappa shape index (κ3) is 3.53. The van der Waals surface area contributed by atoms with Crippen LogP contribution in [0.4, 0.5) is 5.69 Å². The number of phenolic OH excluding ortho intramolecular Hbond substituents is 1. The van der Waals surface area contributed by atoms with Crippen LogP contribution in [0.2, 0.25) is 10.0 Å². The Morgan fingerprint density at radius 2 is 1.84 bits per heavy atom. The number of halogens is 2. The van der Waals surface area contributed by atoms with Gasteiger partial charge < -0.3 is 16.2 Å². The molecule has 0 radical (unpaired) electrons. The molecule has 1 aromatic carbocycles. The van der Waals surface area contributed by atoms with Gasteiger partial charge in [0.2, 0.25) is 5.91 Å². The molecule has 0 bridgehead atoms. The monoisotopic (exact) mass is 302 g/mol. The lowest BCUT2D eigenvalue weighted by Crippen LogP contribution is -2.40. The Morgan fingerprint density at radius 3 is 2.37 bits per heavy atom. The molecule has 0 spiro atoms. The number of nitrogens with one attached hydrogen (secondary N) is 1. The van der Waals surface area contributed by atoms with Gasteiger partial charge in [0.25, 0.3) is 0 Å². The lowest BCUT2D eigenvalue weighted by atomic mass is 9.94. The highest BCUT2D eigenvalue weighted by atomic mass is 35.5. The van der Waals surface area contributed by atoms with Crippen LogP contribution in [0.5, 0.6) is 5.75 Å². The molecule has 0 aliphatic heterocycles. The zero-order chi connectivity index (χ0) is 14.0. The van der Waals surface area contributed by atoms with Crippen LogP contribution < -0.4 is 11.1 Å². The van der Waals surface area contributed by atoms with Crippen molar-refractivity contribution in [2.75, 3.05) is 5.32 Å². The van der Waals surface area contributed by atoms with Crippen LogP contribution in [-0.2, 0) is 4.79 Å². The van der Waals surface area contributed by atoms with Crippen molar-refractivity contribution in [3.05, 3.63) is 22.2 Å². The first kappa shape index (κ1) is 14.4. The lowest BCUT2D eigenvalue weighted by molar-refractivity contribution is -0.117. The molecule has 2 rings (SSSR count). The zero-order valence-corrected chi connectivity index (χ0v) is 11.9. The number of anilines is 1. The van der Waals surface area contributed by atoms with Crippen LogP contribution in [0.15, 0.2) is 12.1 Å². The topological polar surface area (TPSA) is 75.4 Å². The van der Waals surface area contributed by atoms with Crippen molar-refractivity contribution in [2.45, 2.75) is 37.6 Å². The van der Waals surface area contributed by atoms with Crippen molar-refractivity contribution < 1.29 is 9.90 Å². The van der Waals surface area contributed by atoms with E-state index in [1.807, 2.05) is 0 Å². The molecule has 1 fully saturated rings. The molecule has 0 unspecified atom stereocenters. The van der Waals surface area contributed by atoms with Crippen LogP contribution in [-0.4, -0.2) is 16.6 Å². The normalized spacial score (nSPS) is 17.4. The molecule has 0 heterocycles. The average molecular weight is 303 g/mol. The minimum absolute atomic E-state index is 0.103. The third-order valence-corrected chi connectivity index (χ3v) is 3.99. The van der Waals surface area contributed by atoms with Crippen molar-refractivity contribution in [3.8, 4) is 5.75 Å². The SMILES string of the molecule is NC1(CC(=O)Nc2cc(Cl)c(O)c(Cl)c2)CCCC1. The summed E-state index contributed by atoms with van der Waals surface area (Å²) in [6, 6.07) is 2.91. The molecule has 1 saturated carbocycles. The summed E-state index contributed by atoms with van der Waals surface area (Å²) in [5.74, 6) is -0.352. The van der Waals surface area contributed by atoms with Gasteiger partial charge in [0.1, 0.15) is 0 Å². The summed E-state index contributed by atoms with van der Waals surface area (Å²) in [6.45, 7) is 0. The molecule has 104 valence electrons. The van der Waals surface area contributed by atoms with Crippen molar-refractivity contribution in [2.24, 2.45) is 5.73 Å². The Hall–Kier alpha value is -0.970. The summed E-state index contributed by atoms with van der Waals surface area (Å²) in [5, 5.41) is 12.3. The van der Waals surface area contributed by atoms with Crippen LogP contribution in [0.25, 0.3) is 0 Å². The first-order chi connectivity index (χ1) is 8.89. The van der Waals surface area contributed by atoms with Crippen LogP contribution in [0.1, 0.15) is 32.1 Å². The van der Waals surface area contributed by atoms with E-state index in [4.69, 9.17) is 28.9 Å². The smallest absolute Gasteiger partial charge is 0.226 e. The number of carbonyl (C=O) groups excluding carboxylic acids is 1. The van der Waals surface area contributed by atoms with Gasteiger partial charge in [0.15, 0.2) is 5.75 Å². The zero-order valence-electron chi connectivity index (χ0n) is 10.4. The van der Waals surface area contributed by atoms with E-state index in [2.05, 4.69) is 5.32 Å². The molecular weight excluding hydrogens is 287 g/mol. The molecule has 0 aromatic heterocycles. The van der Waals surface area contributed by atoms with Gasteiger partial charge in [0, 0.05) is 17.6 Å². The number of rotatable bonds is 3. The molecule has 4 nitrogen and oxygen atoms in total. The summed E-state index contributed by atoms with van der Waals surface area (Å²) >= 11 is 11.6. The van der Waals surface area contributed by atoms with E-state index in [9.17, 15) is 9.90 Å². The van der Waals surface area contributed by atoms with Gasteiger partial charge in [-0.15, -0.1) is 0 Å². The number of hydrogen-bond acceptors (Lipinski definition) is 3. The fourth-order valence-corrected chi connectivity index (χ4v) is 2.91. The van der Waals surface area contributed by atoms with Crippen molar-refractivity contribution in [1.29, 1.82) is 0 Å². The Balaban J connectivity index is 2.03. The largest absolute Gasteiger partial charge is 0.505 e. The molecule has 19 heavy (non-hydrogen) atoms. The number of benzene rings is 1. The number of nitrogens with two attached hydrogens (primary N) is 1. The minimum atomic E-state index is -0.394. The molecule has 0 atom stereocenters. The van der Waals surface area contributed by atoms with Gasteiger partial charge in [0.05, 0.1) is 10.0 Å². The maximum atomic E-state index is 11.9. The van der Waals surface area contributed by atoms with Gasteiger partial charge in [-0.3, -0.25) is 4.79 Å². The van der Waals surface area contributed by atoms with Gasteiger partial charge in [-0.2, -0.15) is 0 Å². The first-order valence-electron chi connectivity index (χ1n) is 6.16. The van der Waals surface area contributed by atoms with E-state index < -0.39 is 5.54 Å². The highest BCUT2D eigenvalue weighted by Crippen LogP contribution is 2.35. The Kier molecular flexibility index (Phi) is 4.23. The van der Waals surface area contributed by atoms with Gasteiger partial charge >= 0.3 is 0 Å². The second kappa shape index (κ2) is 5.57. The fourth-order valence-electron chi connectivity index (χ4n) is 2.42. The van der Waals surface area contributed by atoms with Crippen LogP contribution in [0, 0.1) is 0 Å². The predicted molar refractivity (Wildman–Crippen MR) is 76.8 cm³/mol. The van der Waals surface area contributed by atoms with E-state index in [1.54, 1.807) is 0 Å². The third-order valence-electron chi connectivity index (χ3n) is 3.41. The second-order valence-corrected chi connectivity index (χ2v) is 5.90. The van der Waals surface area contributed by atoms with E-state index in [1.165, 1.54) is 12.1 Å². The standard InChI is InChI=1S/C13H16Cl2N2O2/c14-9-5-8(6-10(15)12(9)19)17-11(18)7-13(16)3-1-2-4-13/h5-6,19H,1-4,7,16H2,(H,17,18). The molecule has 1 amide bonds. The maximum Gasteiger partial charge on any atom is 0.226 e. The molecular formula is C13H16Cl2N2O2. The summed E-state index contributed by atoms with van der Waals surface area (Å²) in [7, 11) is 0. The van der Waals surface area contributed by atoms with Gasteiger partial charge in [-0.1, -0.05) is 36.0 Å².